The van der Waals surface area contributed by atoms with Crippen LogP contribution in [0.25, 0.3) is 0 Å². The van der Waals surface area contributed by atoms with Gasteiger partial charge < -0.3 is 8.85 Å². The van der Waals surface area contributed by atoms with E-state index in [0.717, 1.165) is 24.0 Å². The summed E-state index contributed by atoms with van der Waals surface area (Å²) < 4.78 is 12.1. The van der Waals surface area contributed by atoms with Crippen molar-refractivity contribution in [1.29, 1.82) is 0 Å². The fourth-order valence-electron chi connectivity index (χ4n) is 2.30. The highest BCUT2D eigenvalue weighted by Crippen LogP contribution is 2.32. The summed E-state index contributed by atoms with van der Waals surface area (Å²) in [5.41, 5.74) is 2.64. The van der Waals surface area contributed by atoms with E-state index in [4.69, 9.17) is 8.85 Å². The maximum Gasteiger partial charge on any atom is 0.395 e. The lowest BCUT2D eigenvalue weighted by Crippen LogP contribution is -2.41. The molecule has 0 aliphatic heterocycles. The fourth-order valence-corrected chi connectivity index (χ4v) is 4.61. The lowest BCUT2D eigenvalue weighted by Gasteiger charge is -2.28. The molecule has 0 fully saturated rings. The van der Waals surface area contributed by atoms with Crippen molar-refractivity contribution in [2.75, 3.05) is 12.9 Å². The van der Waals surface area contributed by atoms with Crippen molar-refractivity contribution in [2.24, 2.45) is 0 Å². The number of rotatable bonds is 8. The second-order valence-electron chi connectivity index (χ2n) is 6.37. The van der Waals surface area contributed by atoms with Gasteiger partial charge >= 0.3 is 8.56 Å². The summed E-state index contributed by atoms with van der Waals surface area (Å²) in [6.45, 7) is 11.0. The third kappa shape index (κ3) is 5.35. The van der Waals surface area contributed by atoms with E-state index in [1.165, 1.54) is 11.1 Å². The molecule has 1 unspecified atom stereocenters. The lowest BCUT2D eigenvalue weighted by molar-refractivity contribution is 0.303. The Bertz CT molecular complexity index is 448. The summed E-state index contributed by atoms with van der Waals surface area (Å²) in [5, 5.41) is 0. The quantitative estimate of drug-likeness (QED) is 0.513. The Morgan fingerprint density at radius 1 is 1.14 bits per heavy atom. The zero-order valence-corrected chi connectivity index (χ0v) is 16.2. The van der Waals surface area contributed by atoms with E-state index >= 15 is 0 Å². The zero-order chi connectivity index (χ0) is 16.0. The van der Waals surface area contributed by atoms with E-state index in [1.54, 1.807) is 7.11 Å². The van der Waals surface area contributed by atoms with Crippen LogP contribution in [0.5, 0.6) is 5.75 Å². The standard InChI is InChI=1S/C17H30O2SSi/c1-13(2)15-8-9-17(16(12-15)14(3)4)19-21(6,18-5)11-7-10-20/h8-9,12-14,20H,7,10-11H2,1-6H3. The van der Waals surface area contributed by atoms with Gasteiger partial charge in [0.05, 0.1) is 0 Å². The molecule has 0 saturated heterocycles. The van der Waals surface area contributed by atoms with E-state index in [9.17, 15) is 0 Å². The van der Waals surface area contributed by atoms with Crippen LogP contribution in [-0.4, -0.2) is 21.4 Å². The summed E-state index contributed by atoms with van der Waals surface area (Å²) in [5.74, 6) is 2.84. The van der Waals surface area contributed by atoms with Gasteiger partial charge in [-0.2, -0.15) is 12.6 Å². The van der Waals surface area contributed by atoms with Gasteiger partial charge in [-0.1, -0.05) is 39.8 Å². The summed E-state index contributed by atoms with van der Waals surface area (Å²) in [4.78, 5) is 0. The van der Waals surface area contributed by atoms with Crippen molar-refractivity contribution in [3.63, 3.8) is 0 Å². The van der Waals surface area contributed by atoms with E-state index in [-0.39, 0.29) is 0 Å². The molecular weight excluding hydrogens is 296 g/mol. The Labute approximate surface area is 136 Å². The van der Waals surface area contributed by atoms with Gasteiger partial charge in [0.2, 0.25) is 0 Å². The SMILES string of the molecule is CO[Si](C)(CCCS)Oc1ccc(C(C)C)cc1C(C)C. The van der Waals surface area contributed by atoms with Crippen LogP contribution >= 0.6 is 12.6 Å². The van der Waals surface area contributed by atoms with Gasteiger partial charge in [0.15, 0.2) is 0 Å². The lowest BCUT2D eigenvalue weighted by atomic mass is 9.95. The van der Waals surface area contributed by atoms with Gasteiger partial charge in [-0.15, -0.1) is 0 Å². The molecule has 1 aromatic carbocycles. The maximum atomic E-state index is 6.36. The predicted molar refractivity (Wildman–Crippen MR) is 97.2 cm³/mol. The average molecular weight is 327 g/mol. The second kappa shape index (κ2) is 8.25. The van der Waals surface area contributed by atoms with Gasteiger partial charge in [-0.3, -0.25) is 0 Å². The van der Waals surface area contributed by atoms with E-state index < -0.39 is 8.56 Å². The third-order valence-corrected chi connectivity index (χ3v) is 6.96. The molecule has 1 rings (SSSR count). The molecule has 1 atom stereocenters. The van der Waals surface area contributed by atoms with E-state index in [1.807, 2.05) is 0 Å². The van der Waals surface area contributed by atoms with Gasteiger partial charge in [-0.25, -0.2) is 0 Å². The summed E-state index contributed by atoms with van der Waals surface area (Å²) in [6, 6.07) is 7.55. The molecule has 0 bridgehead atoms. The Kier molecular flexibility index (Phi) is 7.31. The van der Waals surface area contributed by atoms with Gasteiger partial charge in [-0.05, 0) is 47.7 Å². The van der Waals surface area contributed by atoms with E-state index in [2.05, 4.69) is 65.1 Å². The van der Waals surface area contributed by atoms with Crippen molar-refractivity contribution < 1.29 is 8.85 Å². The molecule has 0 heterocycles. The molecule has 120 valence electrons. The first kappa shape index (κ1) is 18.6. The number of benzene rings is 1. The zero-order valence-electron chi connectivity index (χ0n) is 14.3. The number of thiol groups is 1. The van der Waals surface area contributed by atoms with E-state index in [0.29, 0.717) is 11.8 Å². The second-order valence-corrected chi connectivity index (χ2v) is 10.2. The smallest absolute Gasteiger partial charge is 0.395 e. The van der Waals surface area contributed by atoms with Crippen molar-refractivity contribution in [3.8, 4) is 5.75 Å². The monoisotopic (exact) mass is 326 g/mol. The average Bonchev–Trinajstić information content (AvgIpc) is 2.45. The van der Waals surface area contributed by atoms with Crippen LogP contribution in [0.2, 0.25) is 12.6 Å². The minimum atomic E-state index is -2.16. The normalized spacial score (nSPS) is 14.5. The highest BCUT2D eigenvalue weighted by Gasteiger charge is 2.32. The number of hydrogen-bond acceptors (Lipinski definition) is 3. The Balaban J connectivity index is 3.05. The largest absolute Gasteiger partial charge is 0.520 e. The first-order valence-corrected chi connectivity index (χ1v) is 11.0. The van der Waals surface area contributed by atoms with Crippen LogP contribution in [-0.2, 0) is 4.43 Å². The van der Waals surface area contributed by atoms with Crippen molar-refractivity contribution in [3.05, 3.63) is 29.3 Å². The molecule has 2 nitrogen and oxygen atoms in total. The van der Waals surface area contributed by atoms with Crippen LogP contribution in [0, 0.1) is 0 Å². The van der Waals surface area contributed by atoms with Gasteiger partial charge in [0, 0.05) is 13.2 Å². The van der Waals surface area contributed by atoms with Crippen molar-refractivity contribution >= 4 is 21.2 Å². The summed E-state index contributed by atoms with van der Waals surface area (Å²) in [7, 11) is -0.390. The molecular formula is C17H30O2SSi. The van der Waals surface area contributed by atoms with Crippen LogP contribution in [0.3, 0.4) is 0 Å². The highest BCUT2D eigenvalue weighted by molar-refractivity contribution is 7.80. The van der Waals surface area contributed by atoms with Crippen LogP contribution in [0.15, 0.2) is 18.2 Å². The number of hydrogen-bond donors (Lipinski definition) is 1. The topological polar surface area (TPSA) is 18.5 Å². The Morgan fingerprint density at radius 2 is 1.81 bits per heavy atom. The summed E-state index contributed by atoms with van der Waals surface area (Å²) >= 11 is 4.30. The molecule has 0 amide bonds. The minimum Gasteiger partial charge on any atom is -0.520 e. The molecule has 1 aromatic rings. The minimum absolute atomic E-state index is 0.443. The third-order valence-electron chi connectivity index (χ3n) is 3.87. The Morgan fingerprint density at radius 3 is 2.29 bits per heavy atom. The van der Waals surface area contributed by atoms with Crippen LogP contribution in [0.4, 0.5) is 0 Å². The van der Waals surface area contributed by atoms with Gasteiger partial charge in [0.1, 0.15) is 5.75 Å². The molecule has 0 aliphatic carbocycles. The van der Waals surface area contributed by atoms with Crippen molar-refractivity contribution in [1.82, 2.24) is 0 Å². The maximum absolute atomic E-state index is 6.36. The molecule has 21 heavy (non-hydrogen) atoms. The van der Waals surface area contributed by atoms with Crippen LogP contribution in [0.1, 0.15) is 57.1 Å². The fraction of sp³-hybridized carbons (Fsp3) is 0.647. The molecule has 0 N–H and O–H groups in total. The molecule has 4 heteroatoms. The predicted octanol–water partition coefficient (Wildman–Crippen LogP) is 5.35. The highest BCUT2D eigenvalue weighted by atomic mass is 32.1. The summed E-state index contributed by atoms with van der Waals surface area (Å²) in [6.07, 6.45) is 1.03. The Hall–Kier alpha value is -0.453. The molecule has 0 radical (unpaired) electrons. The molecule has 0 spiro atoms. The van der Waals surface area contributed by atoms with Crippen molar-refractivity contribution in [2.45, 2.75) is 58.5 Å². The molecule has 0 aliphatic rings. The first-order chi connectivity index (χ1) is 9.83. The van der Waals surface area contributed by atoms with Gasteiger partial charge in [0.25, 0.3) is 0 Å². The molecule has 0 saturated carbocycles. The first-order valence-electron chi connectivity index (χ1n) is 7.82. The van der Waals surface area contributed by atoms with Crippen LogP contribution < -0.4 is 4.43 Å². The molecule has 0 aromatic heterocycles.